The van der Waals surface area contributed by atoms with Gasteiger partial charge in [-0.2, -0.15) is 0 Å². The van der Waals surface area contributed by atoms with Crippen LogP contribution in [0.3, 0.4) is 0 Å². The Bertz CT molecular complexity index is 940. The normalized spacial score (nSPS) is 10.6. The predicted octanol–water partition coefficient (Wildman–Crippen LogP) is 6.67. The average molecular weight is 344 g/mol. The van der Waals surface area contributed by atoms with E-state index in [4.69, 9.17) is 0 Å². The lowest BCUT2D eigenvalue weighted by Crippen LogP contribution is -1.90. The summed E-state index contributed by atoms with van der Waals surface area (Å²) in [4.78, 5) is 0. The van der Waals surface area contributed by atoms with Crippen molar-refractivity contribution in [3.8, 4) is 11.8 Å². The Morgan fingerprint density at radius 1 is 0.808 bits per heavy atom. The van der Waals surface area contributed by atoms with Gasteiger partial charge in [0, 0.05) is 10.9 Å². The molecule has 3 rings (SSSR count). The second kappa shape index (κ2) is 8.68. The smallest absolute Gasteiger partial charge is 0.146 e. The molecule has 3 aromatic rings. The van der Waals surface area contributed by atoms with Crippen molar-refractivity contribution in [1.29, 1.82) is 0 Å². The van der Waals surface area contributed by atoms with Crippen molar-refractivity contribution in [2.24, 2.45) is 0 Å². The number of halogens is 1. The Kier molecular flexibility index (Phi) is 6.08. The van der Waals surface area contributed by atoms with Crippen LogP contribution in [0.4, 0.5) is 4.39 Å². The van der Waals surface area contributed by atoms with Gasteiger partial charge >= 0.3 is 0 Å². The van der Waals surface area contributed by atoms with Crippen LogP contribution in [-0.2, 0) is 12.8 Å². The van der Waals surface area contributed by atoms with Gasteiger partial charge in [0.1, 0.15) is 5.82 Å². The number of hydrogen-bond donors (Lipinski definition) is 0. The molecule has 0 spiro atoms. The molecule has 0 unspecified atom stereocenters. The first-order valence-corrected chi connectivity index (χ1v) is 9.53. The zero-order valence-electron chi connectivity index (χ0n) is 15.6. The number of benzene rings is 3. The molecule has 0 heterocycles. The summed E-state index contributed by atoms with van der Waals surface area (Å²) in [5, 5.41) is 1.60. The van der Waals surface area contributed by atoms with E-state index in [1.54, 1.807) is 6.07 Å². The van der Waals surface area contributed by atoms with Crippen LogP contribution < -0.4 is 0 Å². The molecule has 132 valence electrons. The monoisotopic (exact) mass is 344 g/mol. The summed E-state index contributed by atoms with van der Waals surface area (Å²) in [5.41, 5.74) is 3.92. The van der Waals surface area contributed by atoms with Gasteiger partial charge in [-0.25, -0.2) is 4.39 Å². The Labute approximate surface area is 156 Å². The summed E-state index contributed by atoms with van der Waals surface area (Å²) >= 11 is 0. The van der Waals surface area contributed by atoms with E-state index >= 15 is 0 Å². The number of aryl methyl sites for hydroxylation is 2. The maximum Gasteiger partial charge on any atom is 0.146 e. The standard InChI is InChI=1S/C25H25F/c1-3-5-6-7-21-13-17-24-23(18-21)16-15-22(25(24)26)14-12-20-10-8-19(4-2)9-11-20/h8-11,13,15-18H,3-7H2,1-2H3. The molecule has 0 radical (unpaired) electrons. The van der Waals surface area contributed by atoms with E-state index in [9.17, 15) is 4.39 Å². The molecule has 0 saturated carbocycles. The number of unbranched alkanes of at least 4 members (excludes halogenated alkanes) is 2. The average Bonchev–Trinajstić information content (AvgIpc) is 2.68. The Hall–Kier alpha value is -2.59. The summed E-state index contributed by atoms with van der Waals surface area (Å²) < 4.78 is 14.8. The van der Waals surface area contributed by atoms with E-state index in [0.29, 0.717) is 10.9 Å². The number of fused-ring (bicyclic) bond motifs is 1. The van der Waals surface area contributed by atoms with Gasteiger partial charge in [0.05, 0.1) is 5.56 Å². The second-order valence-electron chi connectivity index (χ2n) is 6.74. The van der Waals surface area contributed by atoms with Crippen molar-refractivity contribution in [3.05, 3.63) is 82.7 Å². The molecular formula is C25H25F. The predicted molar refractivity (Wildman–Crippen MR) is 109 cm³/mol. The van der Waals surface area contributed by atoms with Crippen LogP contribution in [0, 0.1) is 17.7 Å². The number of rotatable bonds is 5. The van der Waals surface area contributed by atoms with Gasteiger partial charge in [-0.05, 0) is 54.0 Å². The summed E-state index contributed by atoms with van der Waals surface area (Å²) in [7, 11) is 0. The largest absolute Gasteiger partial charge is 0.205 e. The fourth-order valence-corrected chi connectivity index (χ4v) is 3.14. The van der Waals surface area contributed by atoms with Crippen LogP contribution in [0.15, 0.2) is 54.6 Å². The van der Waals surface area contributed by atoms with Gasteiger partial charge in [-0.15, -0.1) is 0 Å². The third-order valence-corrected chi connectivity index (χ3v) is 4.79. The van der Waals surface area contributed by atoms with Crippen molar-refractivity contribution < 1.29 is 4.39 Å². The first-order chi connectivity index (χ1) is 12.7. The van der Waals surface area contributed by atoms with Crippen molar-refractivity contribution >= 4 is 10.8 Å². The lowest BCUT2D eigenvalue weighted by molar-refractivity contribution is 0.636. The van der Waals surface area contributed by atoms with E-state index in [1.165, 1.54) is 30.4 Å². The van der Waals surface area contributed by atoms with E-state index < -0.39 is 0 Å². The van der Waals surface area contributed by atoms with Crippen LogP contribution in [-0.4, -0.2) is 0 Å². The minimum Gasteiger partial charge on any atom is -0.205 e. The highest BCUT2D eigenvalue weighted by Crippen LogP contribution is 2.23. The lowest BCUT2D eigenvalue weighted by atomic mass is 10.0. The molecule has 26 heavy (non-hydrogen) atoms. The highest BCUT2D eigenvalue weighted by molar-refractivity contribution is 5.85. The van der Waals surface area contributed by atoms with Crippen LogP contribution >= 0.6 is 0 Å². The van der Waals surface area contributed by atoms with Crippen molar-refractivity contribution in [1.82, 2.24) is 0 Å². The van der Waals surface area contributed by atoms with Crippen LogP contribution in [0.5, 0.6) is 0 Å². The zero-order valence-corrected chi connectivity index (χ0v) is 15.6. The van der Waals surface area contributed by atoms with Gasteiger partial charge in [0.15, 0.2) is 0 Å². The third-order valence-electron chi connectivity index (χ3n) is 4.79. The maximum absolute atomic E-state index is 14.8. The van der Waals surface area contributed by atoms with E-state index in [-0.39, 0.29) is 5.82 Å². The van der Waals surface area contributed by atoms with Crippen LogP contribution in [0.25, 0.3) is 10.8 Å². The summed E-state index contributed by atoms with van der Waals surface area (Å²) in [6.45, 7) is 4.33. The summed E-state index contributed by atoms with van der Waals surface area (Å²) in [6, 6.07) is 17.9. The van der Waals surface area contributed by atoms with Gasteiger partial charge in [-0.3, -0.25) is 0 Å². The first kappa shape index (κ1) is 18.2. The first-order valence-electron chi connectivity index (χ1n) is 9.53. The molecule has 0 fully saturated rings. The Balaban J connectivity index is 1.85. The molecule has 0 nitrogen and oxygen atoms in total. The summed E-state index contributed by atoms with van der Waals surface area (Å²) in [5.74, 6) is 5.84. The fraction of sp³-hybridized carbons (Fsp3) is 0.280. The molecule has 1 heteroatoms. The van der Waals surface area contributed by atoms with Crippen molar-refractivity contribution in [2.75, 3.05) is 0 Å². The Morgan fingerprint density at radius 2 is 1.58 bits per heavy atom. The molecule has 0 N–H and O–H groups in total. The molecule has 0 aliphatic heterocycles. The molecule has 0 saturated heterocycles. The SMILES string of the molecule is CCCCCc1ccc2c(F)c(C#Cc3ccc(CC)cc3)ccc2c1. The van der Waals surface area contributed by atoms with Crippen LogP contribution in [0.1, 0.15) is 55.4 Å². The van der Waals surface area contributed by atoms with Gasteiger partial charge < -0.3 is 0 Å². The zero-order chi connectivity index (χ0) is 18.4. The van der Waals surface area contributed by atoms with E-state index in [0.717, 1.165) is 23.8 Å². The highest BCUT2D eigenvalue weighted by atomic mass is 19.1. The topological polar surface area (TPSA) is 0 Å². The third kappa shape index (κ3) is 4.33. The van der Waals surface area contributed by atoms with E-state index in [1.807, 2.05) is 30.3 Å². The fourth-order valence-electron chi connectivity index (χ4n) is 3.14. The van der Waals surface area contributed by atoms with Gasteiger partial charge in [0.2, 0.25) is 0 Å². The summed E-state index contributed by atoms with van der Waals surface area (Å²) in [6.07, 6.45) is 5.70. The highest BCUT2D eigenvalue weighted by Gasteiger charge is 2.06. The van der Waals surface area contributed by atoms with Crippen LogP contribution in [0.2, 0.25) is 0 Å². The molecule has 0 bridgehead atoms. The maximum atomic E-state index is 14.8. The van der Waals surface area contributed by atoms with Crippen molar-refractivity contribution in [3.63, 3.8) is 0 Å². The van der Waals surface area contributed by atoms with E-state index in [2.05, 4.69) is 43.9 Å². The molecule has 0 amide bonds. The lowest BCUT2D eigenvalue weighted by Gasteiger charge is -2.06. The Morgan fingerprint density at radius 3 is 2.31 bits per heavy atom. The minimum absolute atomic E-state index is 0.222. The molecule has 0 aliphatic rings. The van der Waals surface area contributed by atoms with Crippen molar-refractivity contribution in [2.45, 2.75) is 46.0 Å². The second-order valence-corrected chi connectivity index (χ2v) is 6.74. The quantitative estimate of drug-likeness (QED) is 0.358. The molecule has 0 aliphatic carbocycles. The molecular weight excluding hydrogens is 319 g/mol. The van der Waals surface area contributed by atoms with Gasteiger partial charge in [-0.1, -0.05) is 74.9 Å². The number of hydrogen-bond acceptors (Lipinski definition) is 0. The molecule has 3 aromatic carbocycles. The minimum atomic E-state index is -0.222. The van der Waals surface area contributed by atoms with Gasteiger partial charge in [0.25, 0.3) is 0 Å². The molecule has 0 atom stereocenters. The molecule has 0 aromatic heterocycles.